The fraction of sp³-hybridized carbons (Fsp3) is 0.538. The van der Waals surface area contributed by atoms with Gasteiger partial charge in [0.1, 0.15) is 5.82 Å². The molecule has 2 rings (SSSR count). The molecule has 2 unspecified atom stereocenters. The first-order valence-electron chi connectivity index (χ1n) is 5.65. The Labute approximate surface area is 100 Å². The summed E-state index contributed by atoms with van der Waals surface area (Å²) >= 11 is 5.83. The van der Waals surface area contributed by atoms with Crippen LogP contribution in [0, 0.1) is 11.7 Å². The highest BCUT2D eigenvalue weighted by Gasteiger charge is 2.35. The summed E-state index contributed by atoms with van der Waals surface area (Å²) in [6.07, 6.45) is 2.88. The number of halogens is 2. The third kappa shape index (κ3) is 2.55. The zero-order chi connectivity index (χ0) is 11.8. The Morgan fingerprint density at radius 1 is 1.56 bits per heavy atom. The van der Waals surface area contributed by atoms with Crippen molar-refractivity contribution >= 4 is 11.6 Å². The van der Waals surface area contributed by atoms with Crippen molar-refractivity contribution in [2.45, 2.75) is 38.2 Å². The van der Waals surface area contributed by atoms with Crippen LogP contribution in [0.5, 0.6) is 0 Å². The second-order valence-electron chi connectivity index (χ2n) is 4.98. The van der Waals surface area contributed by atoms with Gasteiger partial charge in [-0.1, -0.05) is 18.5 Å². The van der Waals surface area contributed by atoms with Crippen molar-refractivity contribution in [3.8, 4) is 0 Å². The highest BCUT2D eigenvalue weighted by Crippen LogP contribution is 2.37. The summed E-state index contributed by atoms with van der Waals surface area (Å²) in [5.74, 6) is 0.240. The van der Waals surface area contributed by atoms with Crippen LogP contribution < -0.4 is 0 Å². The topological polar surface area (TPSA) is 20.2 Å². The Hall–Kier alpha value is -0.600. The first kappa shape index (κ1) is 11.9. The Morgan fingerprint density at radius 2 is 2.31 bits per heavy atom. The van der Waals surface area contributed by atoms with Crippen LogP contribution in [0.3, 0.4) is 0 Å². The van der Waals surface area contributed by atoms with Crippen molar-refractivity contribution in [2.24, 2.45) is 5.92 Å². The molecule has 0 saturated heterocycles. The smallest absolute Gasteiger partial charge is 0.126 e. The van der Waals surface area contributed by atoms with E-state index < -0.39 is 5.60 Å². The molecule has 1 aliphatic rings. The maximum Gasteiger partial charge on any atom is 0.126 e. The summed E-state index contributed by atoms with van der Waals surface area (Å²) in [5, 5.41) is 10.8. The molecule has 0 aliphatic heterocycles. The van der Waals surface area contributed by atoms with Crippen LogP contribution in [-0.4, -0.2) is 10.7 Å². The van der Waals surface area contributed by atoms with Crippen molar-refractivity contribution in [3.63, 3.8) is 0 Å². The van der Waals surface area contributed by atoms with Crippen molar-refractivity contribution in [3.05, 3.63) is 34.6 Å². The minimum atomic E-state index is -0.745. The van der Waals surface area contributed by atoms with E-state index in [1.54, 1.807) is 6.07 Å². The van der Waals surface area contributed by atoms with Crippen LogP contribution in [0.2, 0.25) is 5.02 Å². The lowest BCUT2D eigenvalue weighted by molar-refractivity contribution is 0.0438. The standard InChI is InChI=1S/C13H16ClFO/c1-9-4-5-13(16,7-9)8-10-6-11(14)2-3-12(10)15/h2-3,6,9,16H,4-5,7-8H2,1H3. The van der Waals surface area contributed by atoms with Crippen molar-refractivity contribution in [1.82, 2.24) is 0 Å². The molecule has 1 aromatic carbocycles. The molecule has 1 fully saturated rings. The van der Waals surface area contributed by atoms with Crippen LogP contribution in [0.15, 0.2) is 18.2 Å². The van der Waals surface area contributed by atoms with E-state index in [9.17, 15) is 9.50 Å². The van der Waals surface area contributed by atoms with Gasteiger partial charge in [0.2, 0.25) is 0 Å². The molecule has 16 heavy (non-hydrogen) atoms. The molecule has 0 bridgehead atoms. The first-order chi connectivity index (χ1) is 7.48. The Bertz CT molecular complexity index is 394. The molecule has 1 saturated carbocycles. The molecule has 0 spiro atoms. The SMILES string of the molecule is CC1CCC(O)(Cc2cc(Cl)ccc2F)C1. The summed E-state index contributed by atoms with van der Waals surface area (Å²) in [4.78, 5) is 0. The fourth-order valence-electron chi connectivity index (χ4n) is 2.56. The van der Waals surface area contributed by atoms with Crippen LogP contribution >= 0.6 is 11.6 Å². The molecule has 0 aromatic heterocycles. The summed E-state index contributed by atoms with van der Waals surface area (Å²) in [6.45, 7) is 2.12. The van der Waals surface area contributed by atoms with Crippen molar-refractivity contribution in [2.75, 3.05) is 0 Å². The van der Waals surface area contributed by atoms with E-state index in [0.29, 0.717) is 22.9 Å². The molecule has 1 N–H and O–H groups in total. The van der Waals surface area contributed by atoms with Gasteiger partial charge in [0.25, 0.3) is 0 Å². The van der Waals surface area contributed by atoms with Gasteiger partial charge in [0, 0.05) is 11.4 Å². The van der Waals surface area contributed by atoms with Gasteiger partial charge < -0.3 is 5.11 Å². The van der Waals surface area contributed by atoms with Gasteiger partial charge in [0.15, 0.2) is 0 Å². The molecule has 1 aliphatic carbocycles. The van der Waals surface area contributed by atoms with E-state index in [1.165, 1.54) is 12.1 Å². The van der Waals surface area contributed by atoms with Gasteiger partial charge in [-0.15, -0.1) is 0 Å². The largest absolute Gasteiger partial charge is 0.390 e. The normalized spacial score (nSPS) is 29.6. The quantitative estimate of drug-likeness (QED) is 0.841. The van der Waals surface area contributed by atoms with Gasteiger partial charge in [-0.2, -0.15) is 0 Å². The number of rotatable bonds is 2. The highest BCUT2D eigenvalue weighted by atomic mass is 35.5. The molecule has 1 aromatic rings. The summed E-state index contributed by atoms with van der Waals surface area (Å²) in [5.41, 5.74) is -0.227. The van der Waals surface area contributed by atoms with Crippen LogP contribution in [-0.2, 0) is 6.42 Å². The third-order valence-electron chi connectivity index (χ3n) is 3.36. The van der Waals surface area contributed by atoms with E-state index >= 15 is 0 Å². The molecule has 0 radical (unpaired) electrons. The molecule has 88 valence electrons. The predicted molar refractivity (Wildman–Crippen MR) is 63.1 cm³/mol. The molecule has 0 heterocycles. The van der Waals surface area contributed by atoms with E-state index in [4.69, 9.17) is 11.6 Å². The lowest BCUT2D eigenvalue weighted by atomic mass is 9.92. The molecule has 0 amide bonds. The Balaban J connectivity index is 2.17. The predicted octanol–water partition coefficient (Wildman–Crippen LogP) is 3.57. The minimum Gasteiger partial charge on any atom is -0.390 e. The average molecular weight is 243 g/mol. The van der Waals surface area contributed by atoms with E-state index in [1.807, 2.05) is 0 Å². The maximum atomic E-state index is 13.5. The van der Waals surface area contributed by atoms with Gasteiger partial charge in [-0.05, 0) is 48.9 Å². The van der Waals surface area contributed by atoms with Gasteiger partial charge in [-0.25, -0.2) is 4.39 Å². The average Bonchev–Trinajstić information content (AvgIpc) is 2.52. The summed E-state index contributed by atoms with van der Waals surface area (Å²) < 4.78 is 13.5. The zero-order valence-corrected chi connectivity index (χ0v) is 10.1. The molecule has 2 atom stereocenters. The van der Waals surface area contributed by atoms with Crippen LogP contribution in [0.1, 0.15) is 31.7 Å². The van der Waals surface area contributed by atoms with Crippen LogP contribution in [0.4, 0.5) is 4.39 Å². The van der Waals surface area contributed by atoms with Gasteiger partial charge in [0.05, 0.1) is 5.60 Å². The van der Waals surface area contributed by atoms with Crippen LogP contribution in [0.25, 0.3) is 0 Å². The highest BCUT2D eigenvalue weighted by molar-refractivity contribution is 6.30. The molecular weight excluding hydrogens is 227 g/mol. The third-order valence-corrected chi connectivity index (χ3v) is 3.59. The Kier molecular flexibility index (Phi) is 3.22. The minimum absolute atomic E-state index is 0.280. The second-order valence-corrected chi connectivity index (χ2v) is 5.42. The number of hydrogen-bond acceptors (Lipinski definition) is 1. The Morgan fingerprint density at radius 3 is 2.94 bits per heavy atom. The zero-order valence-electron chi connectivity index (χ0n) is 9.34. The molecule has 3 heteroatoms. The van der Waals surface area contributed by atoms with Crippen molar-refractivity contribution in [1.29, 1.82) is 0 Å². The monoisotopic (exact) mass is 242 g/mol. The van der Waals surface area contributed by atoms with Gasteiger partial charge >= 0.3 is 0 Å². The van der Waals surface area contributed by atoms with Gasteiger partial charge in [-0.3, -0.25) is 0 Å². The number of benzene rings is 1. The molecular formula is C13H16ClFO. The lowest BCUT2D eigenvalue weighted by Gasteiger charge is -2.23. The van der Waals surface area contributed by atoms with E-state index in [2.05, 4.69) is 6.92 Å². The first-order valence-corrected chi connectivity index (χ1v) is 6.03. The maximum absolute atomic E-state index is 13.5. The van der Waals surface area contributed by atoms with Crippen molar-refractivity contribution < 1.29 is 9.50 Å². The van der Waals surface area contributed by atoms with E-state index in [-0.39, 0.29) is 5.82 Å². The lowest BCUT2D eigenvalue weighted by Crippen LogP contribution is -2.28. The number of aliphatic hydroxyl groups is 1. The summed E-state index contributed by atoms with van der Waals surface area (Å²) in [6, 6.07) is 4.50. The second kappa shape index (κ2) is 4.34. The summed E-state index contributed by atoms with van der Waals surface area (Å²) in [7, 11) is 0. The fourth-order valence-corrected chi connectivity index (χ4v) is 2.76. The molecule has 1 nitrogen and oxygen atoms in total. The van der Waals surface area contributed by atoms with E-state index in [0.717, 1.165) is 19.3 Å². The number of hydrogen-bond donors (Lipinski definition) is 1.